The van der Waals surface area contributed by atoms with Gasteiger partial charge in [0.1, 0.15) is 23.5 Å². The predicted octanol–water partition coefficient (Wildman–Crippen LogP) is -1.43. The van der Waals surface area contributed by atoms with Crippen LogP contribution in [-0.4, -0.2) is 59.3 Å². The van der Waals surface area contributed by atoms with Crippen LogP contribution in [0.25, 0.3) is 0 Å². The molecule has 0 spiro atoms. The first-order chi connectivity index (χ1) is 17.0. The van der Waals surface area contributed by atoms with E-state index in [1.165, 1.54) is 16.8 Å². The lowest BCUT2D eigenvalue weighted by molar-refractivity contribution is -0.765. The molecule has 11 nitrogen and oxygen atoms in total. The first kappa shape index (κ1) is 30.7. The molecule has 1 amide bonds. The monoisotopic (exact) mass is 558 g/mol. The van der Waals surface area contributed by atoms with Gasteiger partial charge in [0.15, 0.2) is 18.5 Å². The molecule has 13 heteroatoms. The summed E-state index contributed by atoms with van der Waals surface area (Å²) in [4.78, 5) is 23.8. The summed E-state index contributed by atoms with van der Waals surface area (Å²) in [5.41, 5.74) is 5.50. The van der Waals surface area contributed by atoms with Gasteiger partial charge in [0, 0.05) is 6.07 Å². The summed E-state index contributed by atoms with van der Waals surface area (Å²) in [6, 6.07) is 11.4. The summed E-state index contributed by atoms with van der Waals surface area (Å²) in [5, 5.41) is 21.1. The number of aliphatic hydroxyl groups excluding tert-OH is 2. The number of carbonyl (C=O) groups is 2. The molecule has 2 aromatic rings. The van der Waals surface area contributed by atoms with Gasteiger partial charge in [-0.2, -0.15) is 4.57 Å². The number of ether oxygens (including phenoxy) is 2. The maximum absolute atomic E-state index is 13.7. The Balaban J connectivity index is 0.00000481. The van der Waals surface area contributed by atoms with E-state index in [0.717, 1.165) is 0 Å². The molecule has 3 rings (SSSR count). The lowest BCUT2D eigenvalue weighted by atomic mass is 10.1. The fourth-order valence-corrected chi connectivity index (χ4v) is 5.48. The van der Waals surface area contributed by atoms with Crippen molar-refractivity contribution < 1.29 is 59.9 Å². The Bertz CT molecular complexity index is 1100. The van der Waals surface area contributed by atoms with Crippen molar-refractivity contribution in [3.63, 3.8) is 0 Å². The van der Waals surface area contributed by atoms with Gasteiger partial charge in [0.25, 0.3) is 12.1 Å². The van der Waals surface area contributed by atoms with E-state index >= 15 is 0 Å². The van der Waals surface area contributed by atoms with Gasteiger partial charge in [-0.15, -0.1) is 0 Å². The minimum atomic E-state index is -3.95. The molecule has 0 aliphatic carbocycles. The maximum atomic E-state index is 13.7. The molecule has 204 valence electrons. The average Bonchev–Trinajstić information content (AvgIpc) is 3.11. The molecule has 1 aromatic heterocycles. The molecule has 1 aromatic carbocycles. The van der Waals surface area contributed by atoms with E-state index in [-0.39, 0.29) is 36.0 Å². The van der Waals surface area contributed by atoms with Crippen LogP contribution >= 0.6 is 7.60 Å². The zero-order valence-electron chi connectivity index (χ0n) is 20.7. The Morgan fingerprint density at radius 1 is 1.11 bits per heavy atom. The van der Waals surface area contributed by atoms with Gasteiger partial charge in [0.2, 0.25) is 0 Å². The molecule has 0 saturated carbocycles. The van der Waals surface area contributed by atoms with Crippen LogP contribution in [0.4, 0.5) is 0 Å². The summed E-state index contributed by atoms with van der Waals surface area (Å²) in [6.07, 6.45) is -2.60. The van der Waals surface area contributed by atoms with Crippen LogP contribution in [0.5, 0.6) is 5.75 Å². The van der Waals surface area contributed by atoms with E-state index in [1.807, 2.05) is 0 Å². The highest BCUT2D eigenvalue weighted by Crippen LogP contribution is 2.50. The molecule has 1 saturated heterocycles. The summed E-state index contributed by atoms with van der Waals surface area (Å²) in [5.74, 6) is -1.75. The third kappa shape index (κ3) is 8.23. The Morgan fingerprint density at radius 2 is 1.78 bits per heavy atom. The minimum absolute atomic E-state index is 0. The number of halogens is 1. The van der Waals surface area contributed by atoms with E-state index in [9.17, 15) is 24.4 Å². The summed E-state index contributed by atoms with van der Waals surface area (Å²) in [6.45, 7) is 4.57. The van der Waals surface area contributed by atoms with Crippen molar-refractivity contribution >= 4 is 19.5 Å². The number of aliphatic hydroxyl groups is 2. The zero-order valence-corrected chi connectivity index (χ0v) is 22.3. The highest BCUT2D eigenvalue weighted by atomic mass is 35.5. The minimum Gasteiger partial charge on any atom is -1.00 e. The molecule has 1 aliphatic heterocycles. The van der Waals surface area contributed by atoms with Crippen molar-refractivity contribution in [3.05, 3.63) is 60.4 Å². The number of nitrogens with zero attached hydrogens (tertiary/aromatic N) is 1. The van der Waals surface area contributed by atoms with E-state index in [4.69, 9.17) is 24.3 Å². The molecule has 0 radical (unpaired) electrons. The van der Waals surface area contributed by atoms with Crippen molar-refractivity contribution in [2.45, 2.75) is 51.4 Å². The number of primary amides is 1. The van der Waals surface area contributed by atoms with Gasteiger partial charge < -0.3 is 42.4 Å². The predicted molar refractivity (Wildman–Crippen MR) is 127 cm³/mol. The number of amides is 1. The van der Waals surface area contributed by atoms with Crippen LogP contribution in [0.1, 0.15) is 37.4 Å². The molecule has 6 atom stereocenters. The number of para-hydroxylation sites is 1. The highest BCUT2D eigenvalue weighted by molar-refractivity contribution is 7.54. The smallest absolute Gasteiger partial charge is 0.380 e. The number of hydrogen-bond donors (Lipinski definition) is 3. The average molecular weight is 559 g/mol. The van der Waals surface area contributed by atoms with Gasteiger partial charge in [-0.3, -0.25) is 14.1 Å². The Hall–Kier alpha value is -2.53. The lowest BCUT2D eigenvalue weighted by Crippen LogP contribution is -3.00. The van der Waals surface area contributed by atoms with Crippen LogP contribution in [0.3, 0.4) is 0 Å². The number of hydrogen-bond acceptors (Lipinski definition) is 9. The second kappa shape index (κ2) is 13.3. The molecule has 4 N–H and O–H groups in total. The first-order valence-corrected chi connectivity index (χ1v) is 13.2. The SMILES string of the molecule is CC(C)OC(=O)[C@H](C)CP(=O)(OC[C@H]1O[C@@H]([n+]2cccc(C(N)=O)c2)[C@H](O)[C@@H]1O)Oc1ccccc1.[Cl-]. The summed E-state index contributed by atoms with van der Waals surface area (Å²) < 4.78 is 37.4. The third-order valence-electron chi connectivity index (χ3n) is 5.41. The van der Waals surface area contributed by atoms with Crippen LogP contribution in [0.15, 0.2) is 54.9 Å². The van der Waals surface area contributed by atoms with Crippen LogP contribution < -0.4 is 27.2 Å². The first-order valence-electron chi connectivity index (χ1n) is 11.5. The third-order valence-corrected chi connectivity index (χ3v) is 7.44. The molecule has 1 unspecified atom stereocenters. The molecule has 37 heavy (non-hydrogen) atoms. The topological polar surface area (TPSA) is 158 Å². The van der Waals surface area contributed by atoms with Crippen LogP contribution in [-0.2, 0) is 23.4 Å². The standard InChI is InChI=1S/C24H31N2O9P.ClH/c1-15(2)33-24(30)16(3)14-36(31,35-18-9-5-4-6-10-18)32-13-19-20(27)21(28)23(34-19)26-11-7-8-17(12-26)22(25)29;/h4-12,15-16,19-21,23,27-28H,13-14H2,1-3H3,(H-,25,29);1H/t16-,19-,20-,21-,23-,36?;/m1./s1. The zero-order chi connectivity index (χ0) is 26.5. The van der Waals surface area contributed by atoms with E-state index in [2.05, 4.69) is 0 Å². The van der Waals surface area contributed by atoms with Crippen LogP contribution in [0, 0.1) is 5.92 Å². The quantitative estimate of drug-likeness (QED) is 0.171. The van der Waals surface area contributed by atoms with Gasteiger partial charge in [-0.05, 0) is 32.0 Å². The van der Waals surface area contributed by atoms with Crippen molar-refractivity contribution in [2.24, 2.45) is 11.7 Å². The number of nitrogens with two attached hydrogens (primary N) is 1. The van der Waals surface area contributed by atoms with Crippen molar-refractivity contribution in [1.82, 2.24) is 0 Å². The number of benzene rings is 1. The summed E-state index contributed by atoms with van der Waals surface area (Å²) >= 11 is 0. The highest BCUT2D eigenvalue weighted by Gasteiger charge is 2.49. The molecule has 1 aliphatic rings. The number of esters is 1. The van der Waals surface area contributed by atoms with E-state index in [1.54, 1.807) is 63.4 Å². The molecular formula is C24H32ClN2O9P. The lowest BCUT2D eigenvalue weighted by Gasteiger charge is -2.24. The van der Waals surface area contributed by atoms with E-state index in [0.29, 0.717) is 0 Å². The largest absolute Gasteiger partial charge is 1.00 e. The number of aromatic nitrogens is 1. The van der Waals surface area contributed by atoms with E-state index < -0.39 is 56.5 Å². The van der Waals surface area contributed by atoms with Gasteiger partial charge in [-0.1, -0.05) is 25.1 Å². The van der Waals surface area contributed by atoms with Crippen molar-refractivity contribution in [2.75, 3.05) is 12.8 Å². The molecular weight excluding hydrogens is 527 g/mol. The van der Waals surface area contributed by atoms with Gasteiger partial charge in [-0.25, -0.2) is 4.57 Å². The number of rotatable bonds is 11. The van der Waals surface area contributed by atoms with Gasteiger partial charge in [0.05, 0.1) is 24.8 Å². The van der Waals surface area contributed by atoms with Gasteiger partial charge >= 0.3 is 13.6 Å². The van der Waals surface area contributed by atoms with Crippen LogP contribution in [0.2, 0.25) is 0 Å². The molecule has 2 heterocycles. The fraction of sp³-hybridized carbons (Fsp3) is 0.458. The second-order valence-corrected chi connectivity index (χ2v) is 10.9. The Morgan fingerprint density at radius 3 is 2.41 bits per heavy atom. The maximum Gasteiger partial charge on any atom is 0.380 e. The number of carbonyl (C=O) groups excluding carboxylic acids is 2. The van der Waals surface area contributed by atoms with Crippen molar-refractivity contribution in [3.8, 4) is 5.75 Å². The number of pyridine rings is 1. The normalized spacial score (nSPS) is 23.5. The second-order valence-electron chi connectivity index (χ2n) is 8.83. The Labute approximate surface area is 221 Å². The fourth-order valence-electron chi connectivity index (χ4n) is 3.61. The molecule has 0 bridgehead atoms. The Kier molecular flexibility index (Phi) is 11.0. The van der Waals surface area contributed by atoms with Crippen molar-refractivity contribution in [1.29, 1.82) is 0 Å². The summed E-state index contributed by atoms with van der Waals surface area (Å²) in [7, 11) is -3.95. The molecule has 1 fully saturated rings.